The van der Waals surface area contributed by atoms with Gasteiger partial charge in [0.15, 0.2) is 9.84 Å². The second-order valence-corrected chi connectivity index (χ2v) is 10.2. The van der Waals surface area contributed by atoms with E-state index in [1.807, 2.05) is 6.07 Å². The molecule has 0 radical (unpaired) electrons. The zero-order valence-corrected chi connectivity index (χ0v) is 17.5. The van der Waals surface area contributed by atoms with Gasteiger partial charge in [-0.15, -0.1) is 11.8 Å². The molecular weight excluding hydrogens is 420 g/mol. The van der Waals surface area contributed by atoms with Gasteiger partial charge in [-0.3, -0.25) is 9.59 Å². The van der Waals surface area contributed by atoms with E-state index in [1.54, 1.807) is 31.2 Å². The van der Waals surface area contributed by atoms with Crippen molar-refractivity contribution in [3.63, 3.8) is 0 Å². The van der Waals surface area contributed by atoms with Crippen molar-refractivity contribution in [2.75, 3.05) is 11.1 Å². The number of rotatable bonds is 6. The summed E-state index contributed by atoms with van der Waals surface area (Å²) in [7, 11) is -3.66. The molecule has 3 rings (SSSR count). The van der Waals surface area contributed by atoms with Crippen LogP contribution < -0.4 is 10.6 Å². The summed E-state index contributed by atoms with van der Waals surface area (Å²) in [6.45, 7) is 2.02. The van der Waals surface area contributed by atoms with Gasteiger partial charge >= 0.3 is 0 Å². The highest BCUT2D eigenvalue weighted by Crippen LogP contribution is 2.36. The lowest BCUT2D eigenvalue weighted by Crippen LogP contribution is -2.27. The van der Waals surface area contributed by atoms with Crippen LogP contribution in [0.3, 0.4) is 0 Å². The molecule has 2 N–H and O–H groups in total. The summed E-state index contributed by atoms with van der Waals surface area (Å²) in [5.41, 5.74) is 1.25. The first kappa shape index (κ1) is 20.7. The fourth-order valence-electron chi connectivity index (χ4n) is 2.65. The molecule has 0 saturated heterocycles. The molecule has 2 aromatic carbocycles. The summed E-state index contributed by atoms with van der Waals surface area (Å²) in [5, 5.41) is 5.71. The molecule has 1 aliphatic heterocycles. The molecule has 1 heterocycles. The maximum Gasteiger partial charge on any atom is 0.237 e. The Morgan fingerprint density at radius 3 is 2.75 bits per heavy atom. The average molecular weight is 439 g/mol. The van der Waals surface area contributed by atoms with Crippen molar-refractivity contribution >= 4 is 50.7 Å². The Kier molecular flexibility index (Phi) is 6.32. The molecule has 148 valence electrons. The van der Waals surface area contributed by atoms with Gasteiger partial charge in [0.2, 0.25) is 11.8 Å². The molecule has 1 atom stereocenters. The summed E-state index contributed by atoms with van der Waals surface area (Å²) in [6, 6.07) is 11.8. The van der Waals surface area contributed by atoms with Crippen LogP contribution in [0, 0.1) is 0 Å². The number of benzene rings is 2. The standard InChI is InChI=1S/C19H19ClN2O4S2/c1-12-19(24)22-16-10-14(6-7-17(16)27-12)28(25,26)9-8-18(23)21-11-13-4-2-3-5-15(13)20/h2-7,10,12H,8-9,11H2,1H3,(H,21,23)(H,22,24)/t12-/m0/s1. The molecule has 2 amide bonds. The Labute approximate surface area is 173 Å². The summed E-state index contributed by atoms with van der Waals surface area (Å²) < 4.78 is 25.2. The van der Waals surface area contributed by atoms with E-state index in [2.05, 4.69) is 10.6 Å². The first-order valence-electron chi connectivity index (χ1n) is 8.61. The average Bonchev–Trinajstić information content (AvgIpc) is 2.66. The van der Waals surface area contributed by atoms with Gasteiger partial charge in [0.05, 0.1) is 21.6 Å². The number of thioether (sulfide) groups is 1. The van der Waals surface area contributed by atoms with Crippen molar-refractivity contribution in [1.29, 1.82) is 0 Å². The molecule has 0 spiro atoms. The Balaban J connectivity index is 1.61. The highest BCUT2D eigenvalue weighted by Gasteiger charge is 2.25. The van der Waals surface area contributed by atoms with Crippen LogP contribution in [0.1, 0.15) is 18.9 Å². The highest BCUT2D eigenvalue weighted by atomic mass is 35.5. The van der Waals surface area contributed by atoms with Gasteiger partial charge in [0.1, 0.15) is 0 Å². The molecule has 0 saturated carbocycles. The Morgan fingerprint density at radius 2 is 2.00 bits per heavy atom. The molecule has 6 nitrogen and oxygen atoms in total. The van der Waals surface area contributed by atoms with E-state index < -0.39 is 9.84 Å². The molecule has 1 aliphatic rings. The van der Waals surface area contributed by atoms with Crippen LogP contribution in [-0.2, 0) is 26.0 Å². The lowest BCUT2D eigenvalue weighted by atomic mass is 10.2. The van der Waals surface area contributed by atoms with Crippen molar-refractivity contribution in [3.8, 4) is 0 Å². The Morgan fingerprint density at radius 1 is 1.25 bits per heavy atom. The molecule has 0 aromatic heterocycles. The van der Waals surface area contributed by atoms with Crippen LogP contribution in [0.4, 0.5) is 5.69 Å². The van der Waals surface area contributed by atoms with Crippen LogP contribution >= 0.6 is 23.4 Å². The number of sulfone groups is 1. The number of anilines is 1. The third-order valence-electron chi connectivity index (χ3n) is 4.27. The van der Waals surface area contributed by atoms with E-state index in [9.17, 15) is 18.0 Å². The van der Waals surface area contributed by atoms with E-state index in [4.69, 9.17) is 11.6 Å². The zero-order valence-electron chi connectivity index (χ0n) is 15.1. The molecular formula is C19H19ClN2O4S2. The van der Waals surface area contributed by atoms with Gasteiger partial charge in [0.25, 0.3) is 0 Å². The highest BCUT2D eigenvalue weighted by molar-refractivity contribution is 8.01. The first-order chi connectivity index (χ1) is 13.3. The number of hydrogen-bond donors (Lipinski definition) is 2. The van der Waals surface area contributed by atoms with Gasteiger partial charge in [0, 0.05) is 22.9 Å². The molecule has 0 aliphatic carbocycles. The molecule has 0 fully saturated rings. The maximum atomic E-state index is 12.6. The lowest BCUT2D eigenvalue weighted by molar-refractivity contribution is -0.121. The van der Waals surface area contributed by atoms with E-state index in [-0.39, 0.29) is 40.7 Å². The summed E-state index contributed by atoms with van der Waals surface area (Å²) >= 11 is 7.42. The molecule has 28 heavy (non-hydrogen) atoms. The smallest absolute Gasteiger partial charge is 0.237 e. The van der Waals surface area contributed by atoms with Crippen molar-refractivity contribution in [3.05, 3.63) is 53.1 Å². The van der Waals surface area contributed by atoms with Crippen LogP contribution in [0.25, 0.3) is 0 Å². The lowest BCUT2D eigenvalue weighted by Gasteiger charge is -2.21. The molecule has 9 heteroatoms. The van der Waals surface area contributed by atoms with Gasteiger partial charge in [-0.25, -0.2) is 8.42 Å². The van der Waals surface area contributed by atoms with Crippen molar-refractivity contribution in [1.82, 2.24) is 5.32 Å². The predicted molar refractivity (Wildman–Crippen MR) is 110 cm³/mol. The summed E-state index contributed by atoms with van der Waals surface area (Å²) in [6.07, 6.45) is -0.165. The molecule has 0 unspecified atom stereocenters. The van der Waals surface area contributed by atoms with Gasteiger partial charge < -0.3 is 10.6 Å². The van der Waals surface area contributed by atoms with Crippen LogP contribution in [-0.4, -0.2) is 31.2 Å². The monoisotopic (exact) mass is 438 g/mol. The fourth-order valence-corrected chi connectivity index (χ4v) is 5.05. The Hall–Kier alpha value is -2.03. The number of carbonyl (C=O) groups is 2. The first-order valence-corrected chi connectivity index (χ1v) is 11.5. The molecule has 0 bridgehead atoms. The second kappa shape index (κ2) is 8.55. The predicted octanol–water partition coefficient (Wildman–Crippen LogP) is 3.25. The van der Waals surface area contributed by atoms with Crippen LogP contribution in [0.5, 0.6) is 0 Å². The van der Waals surface area contributed by atoms with Gasteiger partial charge in [-0.2, -0.15) is 0 Å². The quantitative estimate of drug-likeness (QED) is 0.722. The number of carbonyl (C=O) groups excluding carboxylic acids is 2. The van der Waals surface area contributed by atoms with Crippen LogP contribution in [0.15, 0.2) is 52.3 Å². The summed E-state index contributed by atoms with van der Waals surface area (Å²) in [5.74, 6) is -0.859. The Bertz CT molecular complexity index is 1020. The largest absolute Gasteiger partial charge is 0.352 e. The van der Waals surface area contributed by atoms with Crippen LogP contribution in [0.2, 0.25) is 5.02 Å². The second-order valence-electron chi connectivity index (χ2n) is 6.34. The normalized spacial score (nSPS) is 16.2. The van der Waals surface area contributed by atoms with Crippen molar-refractivity contribution in [2.24, 2.45) is 0 Å². The third-order valence-corrected chi connectivity index (χ3v) is 7.53. The number of nitrogens with one attached hydrogen (secondary N) is 2. The fraction of sp³-hybridized carbons (Fsp3) is 0.263. The van der Waals surface area contributed by atoms with Crippen molar-refractivity contribution < 1.29 is 18.0 Å². The number of halogens is 1. The van der Waals surface area contributed by atoms with E-state index in [0.29, 0.717) is 10.7 Å². The minimum Gasteiger partial charge on any atom is -0.352 e. The summed E-state index contributed by atoms with van der Waals surface area (Å²) in [4.78, 5) is 24.7. The number of hydrogen-bond acceptors (Lipinski definition) is 5. The van der Waals surface area contributed by atoms with E-state index in [0.717, 1.165) is 10.5 Å². The van der Waals surface area contributed by atoms with Gasteiger partial charge in [-0.05, 0) is 36.8 Å². The zero-order chi connectivity index (χ0) is 20.3. The number of amides is 2. The molecule has 2 aromatic rings. The minimum absolute atomic E-state index is 0.0839. The van der Waals surface area contributed by atoms with Gasteiger partial charge in [-0.1, -0.05) is 29.8 Å². The topological polar surface area (TPSA) is 92.3 Å². The van der Waals surface area contributed by atoms with E-state index >= 15 is 0 Å². The third kappa shape index (κ3) is 4.87. The SMILES string of the molecule is C[C@@H]1Sc2ccc(S(=O)(=O)CCC(=O)NCc3ccccc3Cl)cc2NC1=O. The minimum atomic E-state index is -3.66. The maximum absolute atomic E-state index is 12.6. The van der Waals surface area contributed by atoms with E-state index in [1.165, 1.54) is 23.9 Å². The van der Waals surface area contributed by atoms with Crippen molar-refractivity contribution in [2.45, 2.75) is 34.9 Å². The number of fused-ring (bicyclic) bond motifs is 1.